The van der Waals surface area contributed by atoms with Gasteiger partial charge in [0.2, 0.25) is 11.8 Å². The molecule has 1 aliphatic rings. The quantitative estimate of drug-likeness (QED) is 0.692. The van der Waals surface area contributed by atoms with Gasteiger partial charge >= 0.3 is 6.03 Å². The Labute approximate surface area is 124 Å². The molecule has 0 bridgehead atoms. The van der Waals surface area contributed by atoms with E-state index in [1.807, 2.05) is 6.07 Å². The maximum absolute atomic E-state index is 11.3. The van der Waals surface area contributed by atoms with Gasteiger partial charge in [-0.15, -0.1) is 0 Å². The lowest BCUT2D eigenvalue weighted by molar-refractivity contribution is -0.118. The minimum absolute atomic E-state index is 0.114. The second kappa shape index (κ2) is 5.37. The summed E-state index contributed by atoms with van der Waals surface area (Å²) in [5, 5.41) is 7.53. The molecule has 0 spiro atoms. The predicted octanol–water partition coefficient (Wildman–Crippen LogP) is 1.88. The molecule has 1 aromatic heterocycles. The van der Waals surface area contributed by atoms with Gasteiger partial charge in [0.05, 0.1) is 6.20 Å². The van der Waals surface area contributed by atoms with Crippen LogP contribution < -0.4 is 5.32 Å². The number of nitrogens with zero attached hydrogens (tertiary/aromatic N) is 3. The number of halogens is 1. The number of hydrogen-bond acceptors (Lipinski definition) is 5. The van der Waals surface area contributed by atoms with Crippen LogP contribution in [0.5, 0.6) is 0 Å². The summed E-state index contributed by atoms with van der Waals surface area (Å²) in [4.78, 5) is 26.3. The number of rotatable bonds is 3. The lowest BCUT2D eigenvalue weighted by Crippen LogP contribution is -2.24. The molecule has 1 N–H and O–H groups in total. The Balaban J connectivity index is 1.76. The zero-order valence-electron chi connectivity index (χ0n) is 10.6. The summed E-state index contributed by atoms with van der Waals surface area (Å²) >= 11 is 5.91. The smallest absolute Gasteiger partial charge is 0.344 e. The number of hydrazone groups is 1. The van der Waals surface area contributed by atoms with Crippen LogP contribution in [0.25, 0.3) is 11.3 Å². The fourth-order valence-corrected chi connectivity index (χ4v) is 1.96. The SMILES string of the molecule is O=C1CN(/N=C/c2ncc(-c3cccc(Cl)c3)o2)C(=O)N1. The predicted molar refractivity (Wildman–Crippen MR) is 74.8 cm³/mol. The highest BCUT2D eigenvalue weighted by atomic mass is 35.5. The number of hydrogen-bond donors (Lipinski definition) is 1. The highest BCUT2D eigenvalue weighted by molar-refractivity contribution is 6.30. The topological polar surface area (TPSA) is 87.8 Å². The van der Waals surface area contributed by atoms with Crippen molar-refractivity contribution in [2.24, 2.45) is 5.10 Å². The first-order valence-electron chi connectivity index (χ1n) is 5.99. The fourth-order valence-electron chi connectivity index (χ4n) is 1.77. The summed E-state index contributed by atoms with van der Waals surface area (Å²) in [5.41, 5.74) is 0.781. The van der Waals surface area contributed by atoms with Gasteiger partial charge in [0, 0.05) is 10.6 Å². The zero-order valence-corrected chi connectivity index (χ0v) is 11.4. The van der Waals surface area contributed by atoms with Gasteiger partial charge in [-0.1, -0.05) is 23.7 Å². The van der Waals surface area contributed by atoms with E-state index in [0.29, 0.717) is 10.8 Å². The third kappa shape index (κ3) is 2.92. The molecule has 2 heterocycles. The molecule has 0 radical (unpaired) electrons. The summed E-state index contributed by atoms with van der Waals surface area (Å²) in [5.74, 6) is 0.349. The van der Waals surface area contributed by atoms with E-state index in [2.05, 4.69) is 15.4 Å². The molecule has 106 valence electrons. The number of urea groups is 1. The summed E-state index contributed by atoms with van der Waals surface area (Å²) in [7, 11) is 0. The Kier molecular flexibility index (Phi) is 3.41. The van der Waals surface area contributed by atoms with Gasteiger partial charge in [0.1, 0.15) is 12.8 Å². The van der Waals surface area contributed by atoms with Crippen molar-refractivity contribution in [2.75, 3.05) is 6.54 Å². The number of carbonyl (C=O) groups is 2. The van der Waals surface area contributed by atoms with Crippen molar-refractivity contribution in [3.05, 3.63) is 41.4 Å². The van der Waals surface area contributed by atoms with Crippen LogP contribution in [-0.2, 0) is 4.79 Å². The lowest BCUT2D eigenvalue weighted by atomic mass is 10.2. The zero-order chi connectivity index (χ0) is 14.8. The minimum atomic E-state index is -0.571. The van der Waals surface area contributed by atoms with E-state index in [1.165, 1.54) is 12.4 Å². The van der Waals surface area contributed by atoms with Crippen molar-refractivity contribution < 1.29 is 14.0 Å². The van der Waals surface area contributed by atoms with Gasteiger partial charge in [-0.2, -0.15) is 5.10 Å². The number of amides is 3. The second-order valence-corrected chi connectivity index (χ2v) is 4.67. The Morgan fingerprint density at radius 3 is 3.00 bits per heavy atom. The Morgan fingerprint density at radius 1 is 1.43 bits per heavy atom. The number of oxazole rings is 1. The summed E-state index contributed by atoms with van der Waals surface area (Å²) in [6.45, 7) is -0.114. The molecule has 7 nitrogen and oxygen atoms in total. The first-order chi connectivity index (χ1) is 10.1. The van der Waals surface area contributed by atoms with Gasteiger partial charge in [-0.25, -0.2) is 14.8 Å². The average molecular weight is 305 g/mol. The maximum Gasteiger partial charge on any atom is 0.344 e. The van der Waals surface area contributed by atoms with Crippen molar-refractivity contribution in [2.45, 2.75) is 0 Å². The standard InChI is InChI=1S/C13H9ClN4O3/c14-9-3-1-2-8(4-9)10-5-15-12(21-10)6-16-18-7-11(19)17-13(18)20/h1-6H,7H2,(H,17,19,20)/b16-6+. The summed E-state index contributed by atoms with van der Waals surface area (Å²) in [6, 6.07) is 6.56. The number of imide groups is 1. The molecule has 3 rings (SSSR count). The Morgan fingerprint density at radius 2 is 2.29 bits per heavy atom. The van der Waals surface area contributed by atoms with Gasteiger partial charge in [0.25, 0.3) is 0 Å². The number of carbonyl (C=O) groups excluding carboxylic acids is 2. The maximum atomic E-state index is 11.3. The molecule has 1 aliphatic heterocycles. The molecule has 8 heteroatoms. The van der Waals surface area contributed by atoms with E-state index in [4.69, 9.17) is 16.0 Å². The largest absolute Gasteiger partial charge is 0.435 e. The van der Waals surface area contributed by atoms with Crippen LogP contribution in [0.15, 0.2) is 40.0 Å². The molecular formula is C13H9ClN4O3. The van der Waals surface area contributed by atoms with E-state index in [9.17, 15) is 9.59 Å². The highest BCUT2D eigenvalue weighted by Gasteiger charge is 2.26. The third-order valence-corrected chi connectivity index (χ3v) is 2.95. The number of nitrogens with one attached hydrogen (secondary N) is 1. The molecule has 3 amide bonds. The van der Waals surface area contributed by atoms with Crippen LogP contribution in [0.4, 0.5) is 4.79 Å². The van der Waals surface area contributed by atoms with E-state index in [-0.39, 0.29) is 12.4 Å². The summed E-state index contributed by atoms with van der Waals surface area (Å²) in [6.07, 6.45) is 2.80. The summed E-state index contributed by atoms with van der Waals surface area (Å²) < 4.78 is 5.48. The highest BCUT2D eigenvalue weighted by Crippen LogP contribution is 2.22. The monoisotopic (exact) mass is 304 g/mol. The molecule has 0 atom stereocenters. The normalized spacial score (nSPS) is 15.0. The average Bonchev–Trinajstić information content (AvgIpc) is 3.03. The molecule has 0 unspecified atom stereocenters. The van der Waals surface area contributed by atoms with E-state index in [1.54, 1.807) is 18.2 Å². The van der Waals surface area contributed by atoms with Crippen LogP contribution in [-0.4, -0.2) is 34.7 Å². The van der Waals surface area contributed by atoms with Crippen molar-refractivity contribution in [1.29, 1.82) is 0 Å². The number of aromatic nitrogens is 1. The van der Waals surface area contributed by atoms with Crippen molar-refractivity contribution >= 4 is 29.8 Å². The van der Waals surface area contributed by atoms with Gasteiger partial charge in [0.15, 0.2) is 5.76 Å². The van der Waals surface area contributed by atoms with Gasteiger partial charge in [-0.05, 0) is 12.1 Å². The molecule has 21 heavy (non-hydrogen) atoms. The van der Waals surface area contributed by atoms with Crippen molar-refractivity contribution in [3.63, 3.8) is 0 Å². The van der Waals surface area contributed by atoms with E-state index in [0.717, 1.165) is 10.6 Å². The van der Waals surface area contributed by atoms with Crippen molar-refractivity contribution in [1.82, 2.24) is 15.3 Å². The second-order valence-electron chi connectivity index (χ2n) is 4.23. The molecular weight excluding hydrogens is 296 g/mol. The van der Waals surface area contributed by atoms with Crippen LogP contribution in [0, 0.1) is 0 Å². The molecule has 0 aliphatic carbocycles. The Bertz CT molecular complexity index is 741. The van der Waals surface area contributed by atoms with E-state index < -0.39 is 11.9 Å². The first kappa shape index (κ1) is 13.3. The first-order valence-corrected chi connectivity index (χ1v) is 6.37. The van der Waals surface area contributed by atoms with Gasteiger partial charge < -0.3 is 4.42 Å². The molecule has 1 aromatic carbocycles. The molecule has 1 saturated heterocycles. The molecule has 0 saturated carbocycles. The van der Waals surface area contributed by atoms with Crippen molar-refractivity contribution in [3.8, 4) is 11.3 Å². The van der Waals surface area contributed by atoms with Crippen LogP contribution in [0.3, 0.4) is 0 Å². The molecule has 1 fully saturated rings. The lowest BCUT2D eigenvalue weighted by Gasteiger charge is -2.02. The Hall–Kier alpha value is -2.67. The minimum Gasteiger partial charge on any atom is -0.435 e. The van der Waals surface area contributed by atoms with Crippen LogP contribution >= 0.6 is 11.6 Å². The third-order valence-electron chi connectivity index (χ3n) is 2.71. The molecule has 2 aromatic rings. The van der Waals surface area contributed by atoms with Crippen LogP contribution in [0.1, 0.15) is 5.89 Å². The van der Waals surface area contributed by atoms with Gasteiger partial charge in [-0.3, -0.25) is 10.1 Å². The fraction of sp³-hybridized carbons (Fsp3) is 0.0769. The number of benzene rings is 1. The van der Waals surface area contributed by atoms with Crippen LogP contribution in [0.2, 0.25) is 5.02 Å². The van der Waals surface area contributed by atoms with E-state index >= 15 is 0 Å².